The molecule has 0 bridgehead atoms. The summed E-state index contributed by atoms with van der Waals surface area (Å²) in [5.41, 5.74) is 0.806. The molecule has 0 radical (unpaired) electrons. The molecule has 1 unspecified atom stereocenters. The van der Waals surface area contributed by atoms with Gasteiger partial charge in [-0.1, -0.05) is 39.5 Å². The number of rotatable bonds is 4. The van der Waals surface area contributed by atoms with E-state index in [0.29, 0.717) is 0 Å². The summed E-state index contributed by atoms with van der Waals surface area (Å²) in [6, 6.07) is 0. The summed E-state index contributed by atoms with van der Waals surface area (Å²) < 4.78 is 0. The van der Waals surface area contributed by atoms with Gasteiger partial charge in [0.25, 0.3) is 0 Å². The van der Waals surface area contributed by atoms with Crippen molar-refractivity contribution in [3.63, 3.8) is 0 Å². The molecule has 2 fully saturated rings. The van der Waals surface area contributed by atoms with Crippen molar-refractivity contribution < 1.29 is 0 Å². The van der Waals surface area contributed by atoms with Gasteiger partial charge in [-0.05, 0) is 49.6 Å². The molecule has 0 heterocycles. The van der Waals surface area contributed by atoms with Crippen LogP contribution in [0.1, 0.15) is 58.8 Å². The highest BCUT2D eigenvalue weighted by atomic mass is 14.9. The van der Waals surface area contributed by atoms with Crippen LogP contribution in [0.4, 0.5) is 0 Å². The molecule has 0 aromatic rings. The summed E-state index contributed by atoms with van der Waals surface area (Å²) in [6.45, 7) is 7.08. The lowest BCUT2D eigenvalue weighted by Crippen LogP contribution is -2.23. The topological polar surface area (TPSA) is 12.0 Å². The van der Waals surface area contributed by atoms with Crippen molar-refractivity contribution in [3.8, 4) is 0 Å². The fraction of sp³-hybridized carbons (Fsp3) is 1.00. The van der Waals surface area contributed by atoms with Crippen LogP contribution in [0.2, 0.25) is 0 Å². The third kappa shape index (κ3) is 2.96. The largest absolute Gasteiger partial charge is 0.316 e. The lowest BCUT2D eigenvalue weighted by molar-refractivity contribution is 0.380. The van der Waals surface area contributed by atoms with Gasteiger partial charge >= 0.3 is 0 Å². The molecule has 0 aliphatic heterocycles. The molecule has 2 rings (SSSR count). The standard InChI is InChI=1S/C14H27N/c1-12(2)10-15-11-13-9-14(13)7-5-3-4-6-8-14/h12-13,15H,3-11H2,1-2H3. The maximum Gasteiger partial charge on any atom is -0.00149 e. The molecule has 0 saturated heterocycles. The number of hydrogen-bond donors (Lipinski definition) is 1. The van der Waals surface area contributed by atoms with Crippen molar-refractivity contribution in [1.29, 1.82) is 0 Å². The molecule has 0 aromatic heterocycles. The average Bonchev–Trinajstić information content (AvgIpc) is 2.91. The first-order valence-corrected chi connectivity index (χ1v) is 6.94. The van der Waals surface area contributed by atoms with Crippen molar-refractivity contribution in [2.24, 2.45) is 17.3 Å². The van der Waals surface area contributed by atoms with E-state index in [4.69, 9.17) is 0 Å². The first kappa shape index (κ1) is 11.4. The third-order valence-corrected chi connectivity index (χ3v) is 4.40. The second-order valence-electron chi connectivity index (χ2n) is 6.23. The molecule has 1 N–H and O–H groups in total. The van der Waals surface area contributed by atoms with E-state index >= 15 is 0 Å². The van der Waals surface area contributed by atoms with E-state index in [1.54, 1.807) is 0 Å². The van der Waals surface area contributed by atoms with Gasteiger partial charge in [-0.3, -0.25) is 0 Å². The van der Waals surface area contributed by atoms with Gasteiger partial charge in [0, 0.05) is 0 Å². The van der Waals surface area contributed by atoms with Gasteiger partial charge in [-0.25, -0.2) is 0 Å². The molecule has 2 aliphatic rings. The van der Waals surface area contributed by atoms with Crippen LogP contribution in [0.25, 0.3) is 0 Å². The average molecular weight is 209 g/mol. The molecule has 1 nitrogen and oxygen atoms in total. The summed E-state index contributed by atoms with van der Waals surface area (Å²) >= 11 is 0. The fourth-order valence-corrected chi connectivity index (χ4v) is 3.31. The lowest BCUT2D eigenvalue weighted by atomic mass is 9.94. The lowest BCUT2D eigenvalue weighted by Gasteiger charge is -2.14. The summed E-state index contributed by atoms with van der Waals surface area (Å²) in [5, 5.41) is 3.64. The Morgan fingerprint density at radius 3 is 2.40 bits per heavy atom. The Hall–Kier alpha value is -0.0400. The Morgan fingerprint density at radius 2 is 1.80 bits per heavy atom. The molecule has 2 saturated carbocycles. The molecule has 88 valence electrons. The van der Waals surface area contributed by atoms with E-state index in [1.165, 1.54) is 58.0 Å². The van der Waals surface area contributed by atoms with Gasteiger partial charge in [-0.2, -0.15) is 0 Å². The zero-order valence-electron chi connectivity index (χ0n) is 10.5. The number of nitrogens with one attached hydrogen (secondary N) is 1. The van der Waals surface area contributed by atoms with Crippen LogP contribution in [-0.2, 0) is 0 Å². The Bertz CT molecular complexity index is 190. The van der Waals surface area contributed by atoms with Crippen molar-refractivity contribution in [3.05, 3.63) is 0 Å². The van der Waals surface area contributed by atoms with Gasteiger partial charge in [0.2, 0.25) is 0 Å². The minimum absolute atomic E-state index is 0.800. The molecule has 1 heteroatoms. The zero-order chi connectivity index (χ0) is 10.7. The highest BCUT2D eigenvalue weighted by Crippen LogP contribution is 2.60. The number of hydrogen-bond acceptors (Lipinski definition) is 1. The van der Waals surface area contributed by atoms with E-state index in [-0.39, 0.29) is 0 Å². The first-order chi connectivity index (χ1) is 7.23. The quantitative estimate of drug-likeness (QED) is 0.746. The van der Waals surface area contributed by atoms with Gasteiger partial charge < -0.3 is 5.32 Å². The smallest absolute Gasteiger partial charge is 0.00149 e. The second kappa shape index (κ2) is 4.86. The Labute approximate surface area is 95.0 Å². The summed E-state index contributed by atoms with van der Waals surface area (Å²) in [4.78, 5) is 0. The molecule has 1 atom stereocenters. The van der Waals surface area contributed by atoms with E-state index in [1.807, 2.05) is 0 Å². The van der Waals surface area contributed by atoms with Crippen molar-refractivity contribution in [2.75, 3.05) is 13.1 Å². The van der Waals surface area contributed by atoms with Gasteiger partial charge in [0.1, 0.15) is 0 Å². The Morgan fingerprint density at radius 1 is 1.13 bits per heavy atom. The summed E-state index contributed by atoms with van der Waals surface area (Å²) in [5.74, 6) is 1.82. The molecule has 15 heavy (non-hydrogen) atoms. The predicted octanol–water partition coefficient (Wildman–Crippen LogP) is 3.59. The Kier molecular flexibility index (Phi) is 3.71. The van der Waals surface area contributed by atoms with E-state index < -0.39 is 0 Å². The molecule has 2 aliphatic carbocycles. The monoisotopic (exact) mass is 209 g/mol. The van der Waals surface area contributed by atoms with Crippen LogP contribution in [0, 0.1) is 17.3 Å². The first-order valence-electron chi connectivity index (χ1n) is 6.94. The zero-order valence-corrected chi connectivity index (χ0v) is 10.5. The highest BCUT2D eigenvalue weighted by molar-refractivity contribution is 5.03. The predicted molar refractivity (Wildman–Crippen MR) is 65.9 cm³/mol. The maximum absolute atomic E-state index is 3.64. The maximum atomic E-state index is 3.64. The van der Waals surface area contributed by atoms with Gasteiger partial charge in [0.15, 0.2) is 0 Å². The second-order valence-corrected chi connectivity index (χ2v) is 6.23. The molecular weight excluding hydrogens is 182 g/mol. The Balaban J connectivity index is 1.68. The van der Waals surface area contributed by atoms with Crippen LogP contribution < -0.4 is 5.32 Å². The fourth-order valence-electron chi connectivity index (χ4n) is 3.31. The third-order valence-electron chi connectivity index (χ3n) is 4.40. The summed E-state index contributed by atoms with van der Waals surface area (Å²) in [7, 11) is 0. The van der Waals surface area contributed by atoms with Crippen molar-refractivity contribution in [2.45, 2.75) is 58.8 Å². The van der Waals surface area contributed by atoms with Crippen LogP contribution in [0.3, 0.4) is 0 Å². The van der Waals surface area contributed by atoms with E-state index in [9.17, 15) is 0 Å². The van der Waals surface area contributed by atoms with Crippen LogP contribution in [0.5, 0.6) is 0 Å². The van der Waals surface area contributed by atoms with Crippen molar-refractivity contribution >= 4 is 0 Å². The van der Waals surface area contributed by atoms with Gasteiger partial charge in [0.05, 0.1) is 0 Å². The summed E-state index contributed by atoms with van der Waals surface area (Å²) in [6.07, 6.45) is 10.6. The normalized spacial score (nSPS) is 29.4. The van der Waals surface area contributed by atoms with Crippen LogP contribution in [-0.4, -0.2) is 13.1 Å². The van der Waals surface area contributed by atoms with Crippen LogP contribution in [0.15, 0.2) is 0 Å². The molecule has 0 amide bonds. The molecule has 0 aromatic carbocycles. The molecular formula is C14H27N. The molecule has 1 spiro atoms. The SMILES string of the molecule is CC(C)CNCC1CC12CCCCCC2. The van der Waals surface area contributed by atoms with Crippen molar-refractivity contribution in [1.82, 2.24) is 5.32 Å². The van der Waals surface area contributed by atoms with E-state index in [0.717, 1.165) is 17.3 Å². The minimum Gasteiger partial charge on any atom is -0.316 e. The van der Waals surface area contributed by atoms with Gasteiger partial charge in [-0.15, -0.1) is 0 Å². The minimum atomic E-state index is 0.800. The highest BCUT2D eigenvalue weighted by Gasteiger charge is 2.52. The van der Waals surface area contributed by atoms with Crippen LogP contribution >= 0.6 is 0 Å². The van der Waals surface area contributed by atoms with E-state index in [2.05, 4.69) is 19.2 Å².